The van der Waals surface area contributed by atoms with Crippen LogP contribution in [0, 0.1) is 5.82 Å². The fourth-order valence-corrected chi connectivity index (χ4v) is 2.21. The third kappa shape index (κ3) is 7.31. The fourth-order valence-electron chi connectivity index (χ4n) is 2.21. The molecule has 27 heavy (non-hydrogen) atoms. The molecule has 144 valence electrons. The number of pyridine rings is 1. The Balaban J connectivity index is 1.83. The van der Waals surface area contributed by atoms with Crippen LogP contribution in [0.5, 0.6) is 11.6 Å². The lowest BCUT2D eigenvalue weighted by Crippen LogP contribution is -2.38. The molecule has 0 radical (unpaired) electrons. The molecule has 0 aliphatic heterocycles. The van der Waals surface area contributed by atoms with Crippen molar-refractivity contribution in [2.75, 3.05) is 6.54 Å². The van der Waals surface area contributed by atoms with Gasteiger partial charge in [0.25, 0.3) is 0 Å². The van der Waals surface area contributed by atoms with Gasteiger partial charge in [0.05, 0.1) is 0 Å². The van der Waals surface area contributed by atoms with E-state index in [9.17, 15) is 14.0 Å². The molecule has 1 aromatic carbocycles. The lowest BCUT2D eigenvalue weighted by atomic mass is 10.2. The summed E-state index contributed by atoms with van der Waals surface area (Å²) in [4.78, 5) is 27.5. The quantitative estimate of drug-likeness (QED) is 0.662. The maximum Gasteiger partial charge on any atom is 0.315 e. The SMILES string of the molecule is CC(C)NC(=O)CCNC(=O)NCc1cccnc1Oc1cccc(F)c1. The molecular formula is C19H23FN4O3. The normalized spacial score (nSPS) is 10.4. The molecule has 0 aliphatic rings. The number of amides is 3. The summed E-state index contributed by atoms with van der Waals surface area (Å²) in [7, 11) is 0. The van der Waals surface area contributed by atoms with E-state index in [1.807, 2.05) is 13.8 Å². The lowest BCUT2D eigenvalue weighted by molar-refractivity contribution is -0.121. The van der Waals surface area contributed by atoms with Crippen molar-refractivity contribution in [1.29, 1.82) is 0 Å². The van der Waals surface area contributed by atoms with E-state index in [1.165, 1.54) is 18.2 Å². The highest BCUT2D eigenvalue weighted by Crippen LogP contribution is 2.23. The molecule has 8 heteroatoms. The Kier molecular flexibility index (Phi) is 7.54. The van der Waals surface area contributed by atoms with E-state index >= 15 is 0 Å². The van der Waals surface area contributed by atoms with E-state index in [4.69, 9.17) is 4.74 Å². The molecular weight excluding hydrogens is 351 g/mol. The molecule has 3 amide bonds. The first kappa shape index (κ1) is 20.2. The van der Waals surface area contributed by atoms with Crippen LogP contribution in [-0.4, -0.2) is 29.5 Å². The van der Waals surface area contributed by atoms with E-state index in [0.717, 1.165) is 0 Å². The summed E-state index contributed by atoms with van der Waals surface area (Å²) in [6.45, 7) is 4.14. The van der Waals surface area contributed by atoms with Crippen LogP contribution in [0.15, 0.2) is 42.6 Å². The second-order valence-electron chi connectivity index (χ2n) is 6.11. The largest absolute Gasteiger partial charge is 0.439 e. The van der Waals surface area contributed by atoms with E-state index in [-0.39, 0.29) is 37.3 Å². The zero-order valence-electron chi connectivity index (χ0n) is 15.3. The van der Waals surface area contributed by atoms with Crippen LogP contribution in [-0.2, 0) is 11.3 Å². The van der Waals surface area contributed by atoms with Crippen LogP contribution in [0.4, 0.5) is 9.18 Å². The van der Waals surface area contributed by atoms with Crippen molar-refractivity contribution in [1.82, 2.24) is 20.9 Å². The number of ether oxygens (including phenoxy) is 1. The van der Waals surface area contributed by atoms with E-state index < -0.39 is 11.8 Å². The first-order valence-electron chi connectivity index (χ1n) is 8.62. The zero-order chi connectivity index (χ0) is 19.6. The number of aromatic nitrogens is 1. The maximum absolute atomic E-state index is 13.3. The molecule has 0 fully saturated rings. The molecule has 1 heterocycles. The van der Waals surface area contributed by atoms with Crippen molar-refractivity contribution in [3.8, 4) is 11.6 Å². The molecule has 0 saturated heterocycles. The van der Waals surface area contributed by atoms with Gasteiger partial charge in [-0.2, -0.15) is 0 Å². The Bertz CT molecular complexity index is 783. The number of rotatable bonds is 8. The average Bonchev–Trinajstić information content (AvgIpc) is 2.60. The molecule has 0 spiro atoms. The van der Waals surface area contributed by atoms with Gasteiger partial charge < -0.3 is 20.7 Å². The number of carbonyl (C=O) groups excluding carboxylic acids is 2. The minimum absolute atomic E-state index is 0.0633. The molecule has 3 N–H and O–H groups in total. The van der Waals surface area contributed by atoms with Crippen molar-refractivity contribution in [2.24, 2.45) is 0 Å². The molecule has 2 rings (SSSR count). The van der Waals surface area contributed by atoms with Crippen LogP contribution in [0.25, 0.3) is 0 Å². The molecule has 2 aromatic rings. The minimum Gasteiger partial charge on any atom is -0.439 e. The van der Waals surface area contributed by atoms with Crippen LogP contribution in [0.2, 0.25) is 0 Å². The Morgan fingerprint density at radius 2 is 2.00 bits per heavy atom. The van der Waals surface area contributed by atoms with Gasteiger partial charge in [-0.15, -0.1) is 0 Å². The average molecular weight is 374 g/mol. The monoisotopic (exact) mass is 374 g/mol. The zero-order valence-corrected chi connectivity index (χ0v) is 15.3. The van der Waals surface area contributed by atoms with Gasteiger partial charge in [-0.25, -0.2) is 14.2 Å². The highest BCUT2D eigenvalue weighted by atomic mass is 19.1. The first-order chi connectivity index (χ1) is 12.9. The Labute approximate surface area is 157 Å². The van der Waals surface area contributed by atoms with Gasteiger partial charge in [0.1, 0.15) is 11.6 Å². The highest BCUT2D eigenvalue weighted by molar-refractivity contribution is 5.78. The predicted molar refractivity (Wildman–Crippen MR) is 98.8 cm³/mol. The second kappa shape index (κ2) is 10.1. The summed E-state index contributed by atoms with van der Waals surface area (Å²) >= 11 is 0. The first-order valence-corrected chi connectivity index (χ1v) is 8.62. The van der Waals surface area contributed by atoms with Crippen molar-refractivity contribution in [2.45, 2.75) is 32.9 Å². The standard InChI is InChI=1S/C19H23FN4O3/c1-13(2)24-17(25)8-10-22-19(26)23-12-14-5-4-9-21-18(14)27-16-7-3-6-15(20)11-16/h3-7,9,11,13H,8,10,12H2,1-2H3,(H,24,25)(H2,22,23,26). The Morgan fingerprint density at radius 3 is 2.74 bits per heavy atom. The summed E-state index contributed by atoms with van der Waals surface area (Å²) in [6, 6.07) is 8.83. The van der Waals surface area contributed by atoms with Crippen LogP contribution < -0.4 is 20.7 Å². The number of nitrogens with one attached hydrogen (secondary N) is 3. The highest BCUT2D eigenvalue weighted by Gasteiger charge is 2.09. The second-order valence-corrected chi connectivity index (χ2v) is 6.11. The lowest BCUT2D eigenvalue weighted by Gasteiger charge is -2.12. The Hall–Kier alpha value is -3.16. The fraction of sp³-hybridized carbons (Fsp3) is 0.316. The molecule has 0 unspecified atom stereocenters. The Morgan fingerprint density at radius 1 is 1.19 bits per heavy atom. The van der Waals surface area contributed by atoms with Gasteiger partial charge in [0.15, 0.2) is 0 Å². The van der Waals surface area contributed by atoms with Crippen molar-refractivity contribution >= 4 is 11.9 Å². The molecule has 7 nitrogen and oxygen atoms in total. The molecule has 0 saturated carbocycles. The number of urea groups is 1. The van der Waals surface area contributed by atoms with E-state index in [0.29, 0.717) is 11.3 Å². The maximum atomic E-state index is 13.3. The van der Waals surface area contributed by atoms with Gasteiger partial charge in [-0.1, -0.05) is 12.1 Å². The molecule has 0 atom stereocenters. The topological polar surface area (TPSA) is 92.4 Å². The molecule has 0 bridgehead atoms. The van der Waals surface area contributed by atoms with Gasteiger partial charge >= 0.3 is 6.03 Å². The van der Waals surface area contributed by atoms with Crippen molar-refractivity contribution in [3.05, 3.63) is 54.0 Å². The number of nitrogens with zero attached hydrogens (tertiary/aromatic N) is 1. The molecule has 1 aromatic heterocycles. The van der Waals surface area contributed by atoms with Crippen LogP contribution in [0.1, 0.15) is 25.8 Å². The number of halogens is 1. The number of carbonyl (C=O) groups is 2. The van der Waals surface area contributed by atoms with E-state index in [2.05, 4.69) is 20.9 Å². The van der Waals surface area contributed by atoms with Gasteiger partial charge in [0, 0.05) is 43.4 Å². The third-order valence-corrected chi connectivity index (χ3v) is 3.39. The summed E-state index contributed by atoms with van der Waals surface area (Å²) in [5, 5.41) is 8.03. The third-order valence-electron chi connectivity index (χ3n) is 3.39. The van der Waals surface area contributed by atoms with E-state index in [1.54, 1.807) is 24.4 Å². The summed E-state index contributed by atoms with van der Waals surface area (Å²) in [6.07, 6.45) is 1.75. The number of hydrogen-bond donors (Lipinski definition) is 3. The summed E-state index contributed by atoms with van der Waals surface area (Å²) in [5.74, 6) is 0.0580. The predicted octanol–water partition coefficient (Wildman–Crippen LogP) is 2.73. The number of hydrogen-bond acceptors (Lipinski definition) is 4. The summed E-state index contributed by atoms with van der Waals surface area (Å²) in [5.41, 5.74) is 0.634. The van der Waals surface area contributed by atoms with Crippen LogP contribution in [0.3, 0.4) is 0 Å². The minimum atomic E-state index is -0.413. The smallest absolute Gasteiger partial charge is 0.315 e. The van der Waals surface area contributed by atoms with Gasteiger partial charge in [-0.3, -0.25) is 4.79 Å². The molecule has 0 aliphatic carbocycles. The van der Waals surface area contributed by atoms with Gasteiger partial charge in [-0.05, 0) is 32.0 Å². The van der Waals surface area contributed by atoms with Gasteiger partial charge in [0.2, 0.25) is 11.8 Å². The van der Waals surface area contributed by atoms with Crippen molar-refractivity contribution in [3.63, 3.8) is 0 Å². The van der Waals surface area contributed by atoms with Crippen LogP contribution >= 0.6 is 0 Å². The van der Waals surface area contributed by atoms with Crippen molar-refractivity contribution < 1.29 is 18.7 Å². The number of benzene rings is 1. The summed E-state index contributed by atoms with van der Waals surface area (Å²) < 4.78 is 18.9.